The summed E-state index contributed by atoms with van der Waals surface area (Å²) >= 11 is 0. The summed E-state index contributed by atoms with van der Waals surface area (Å²) in [4.78, 5) is 14.3. The van der Waals surface area contributed by atoms with E-state index in [0.717, 1.165) is 43.5 Å². The van der Waals surface area contributed by atoms with Crippen LogP contribution < -0.4 is 5.32 Å². The number of rotatable bonds is 5. The maximum Gasteiger partial charge on any atom is 0.144 e. The van der Waals surface area contributed by atoms with Crippen LogP contribution >= 0.6 is 0 Å². The Balaban J connectivity index is 2.11. The number of hydrogen-bond donors (Lipinski definition) is 1. The summed E-state index contributed by atoms with van der Waals surface area (Å²) in [5, 5.41) is 3.29. The Labute approximate surface area is 128 Å². The molecular formula is C16H29N5. The van der Waals surface area contributed by atoms with Crippen LogP contribution in [0.2, 0.25) is 0 Å². The van der Waals surface area contributed by atoms with Crippen molar-refractivity contribution in [3.63, 3.8) is 0 Å². The molecule has 118 valence electrons. The van der Waals surface area contributed by atoms with E-state index >= 15 is 0 Å². The van der Waals surface area contributed by atoms with Crippen LogP contribution in [0.4, 0.5) is 5.82 Å². The van der Waals surface area contributed by atoms with Crippen LogP contribution in [0.3, 0.4) is 0 Å². The minimum atomic E-state index is 0.601. The zero-order valence-corrected chi connectivity index (χ0v) is 13.9. The van der Waals surface area contributed by atoms with Crippen molar-refractivity contribution in [3.8, 4) is 0 Å². The van der Waals surface area contributed by atoms with Gasteiger partial charge in [0.15, 0.2) is 0 Å². The predicted molar refractivity (Wildman–Crippen MR) is 87.5 cm³/mol. The molecule has 2 rings (SSSR count). The highest BCUT2D eigenvalue weighted by Gasteiger charge is 2.22. The van der Waals surface area contributed by atoms with Gasteiger partial charge in [-0.15, -0.1) is 0 Å². The zero-order valence-electron chi connectivity index (χ0n) is 13.9. The summed E-state index contributed by atoms with van der Waals surface area (Å²) in [6.07, 6.45) is 2.40. The van der Waals surface area contributed by atoms with Crippen molar-refractivity contribution >= 4 is 5.82 Å². The maximum absolute atomic E-state index is 4.66. The quantitative estimate of drug-likeness (QED) is 0.900. The highest BCUT2D eigenvalue weighted by molar-refractivity contribution is 5.35. The Morgan fingerprint density at radius 1 is 1.29 bits per heavy atom. The number of nitrogens with one attached hydrogen (secondary N) is 1. The molecule has 5 heteroatoms. The molecule has 2 heterocycles. The van der Waals surface area contributed by atoms with Crippen molar-refractivity contribution in [2.45, 2.75) is 46.2 Å². The Hall–Kier alpha value is -1.20. The molecular weight excluding hydrogens is 262 g/mol. The van der Waals surface area contributed by atoms with E-state index in [1.54, 1.807) is 0 Å². The van der Waals surface area contributed by atoms with Gasteiger partial charge in [0.1, 0.15) is 11.6 Å². The molecule has 1 atom stereocenters. The Morgan fingerprint density at radius 3 is 2.81 bits per heavy atom. The molecule has 0 saturated carbocycles. The number of anilines is 1. The van der Waals surface area contributed by atoms with E-state index in [1.165, 1.54) is 19.4 Å². The SMILES string of the molecule is CCNc1cc(C)nc(CN2CCCN(C)CC2CC)n1. The molecule has 5 nitrogen and oxygen atoms in total. The van der Waals surface area contributed by atoms with Gasteiger partial charge in [-0.05, 0) is 40.3 Å². The van der Waals surface area contributed by atoms with E-state index in [0.29, 0.717) is 6.04 Å². The predicted octanol–water partition coefficient (Wildman–Crippen LogP) is 2.13. The third-order valence-corrected chi connectivity index (χ3v) is 4.10. The van der Waals surface area contributed by atoms with E-state index in [4.69, 9.17) is 0 Å². The fourth-order valence-electron chi connectivity index (χ4n) is 3.04. The van der Waals surface area contributed by atoms with Crippen LogP contribution in [-0.2, 0) is 6.54 Å². The average Bonchev–Trinajstić information content (AvgIpc) is 2.60. The molecule has 1 aliphatic rings. The maximum atomic E-state index is 4.66. The number of hydrogen-bond acceptors (Lipinski definition) is 5. The molecule has 0 bridgehead atoms. The monoisotopic (exact) mass is 291 g/mol. The fourth-order valence-corrected chi connectivity index (χ4v) is 3.04. The van der Waals surface area contributed by atoms with Gasteiger partial charge in [0.05, 0.1) is 6.54 Å². The standard InChI is InChI=1S/C16H29N5/c1-5-14-11-20(4)8-7-9-21(14)12-16-18-13(3)10-15(19-16)17-6-2/h10,14H,5-9,11-12H2,1-4H3,(H,17,18,19). The molecule has 1 aromatic heterocycles. The van der Waals surface area contributed by atoms with Gasteiger partial charge in [-0.3, -0.25) is 4.90 Å². The lowest BCUT2D eigenvalue weighted by atomic mass is 10.2. The second-order valence-corrected chi connectivity index (χ2v) is 5.99. The van der Waals surface area contributed by atoms with Crippen molar-refractivity contribution in [3.05, 3.63) is 17.6 Å². The number of aryl methyl sites for hydroxylation is 1. The summed E-state index contributed by atoms with van der Waals surface area (Å²) < 4.78 is 0. The molecule has 0 radical (unpaired) electrons. The van der Waals surface area contributed by atoms with Gasteiger partial charge in [0, 0.05) is 37.4 Å². The molecule has 1 N–H and O–H groups in total. The summed E-state index contributed by atoms with van der Waals surface area (Å²) in [5.74, 6) is 1.88. The van der Waals surface area contributed by atoms with Crippen LogP contribution in [0.5, 0.6) is 0 Å². The van der Waals surface area contributed by atoms with Crippen LogP contribution in [0.15, 0.2) is 6.07 Å². The van der Waals surface area contributed by atoms with Crippen LogP contribution in [-0.4, -0.2) is 59.0 Å². The lowest BCUT2D eigenvalue weighted by Gasteiger charge is -2.29. The minimum absolute atomic E-state index is 0.601. The molecule has 1 saturated heterocycles. The number of likely N-dealkylation sites (N-methyl/N-ethyl adjacent to an activating group) is 1. The van der Waals surface area contributed by atoms with E-state index in [-0.39, 0.29) is 0 Å². The van der Waals surface area contributed by atoms with Gasteiger partial charge >= 0.3 is 0 Å². The van der Waals surface area contributed by atoms with E-state index in [9.17, 15) is 0 Å². The highest BCUT2D eigenvalue weighted by Crippen LogP contribution is 2.15. The first-order valence-electron chi connectivity index (χ1n) is 8.13. The summed E-state index contributed by atoms with van der Waals surface area (Å²) in [6.45, 7) is 11.6. The smallest absolute Gasteiger partial charge is 0.144 e. The number of aromatic nitrogens is 2. The van der Waals surface area contributed by atoms with Gasteiger partial charge in [-0.25, -0.2) is 9.97 Å². The molecule has 0 aliphatic carbocycles. The van der Waals surface area contributed by atoms with Gasteiger partial charge < -0.3 is 10.2 Å². The molecule has 0 amide bonds. The number of nitrogens with zero attached hydrogens (tertiary/aromatic N) is 4. The van der Waals surface area contributed by atoms with Crippen LogP contribution in [0.25, 0.3) is 0 Å². The van der Waals surface area contributed by atoms with Gasteiger partial charge in [-0.2, -0.15) is 0 Å². The Kier molecular flexibility index (Phi) is 5.94. The molecule has 1 unspecified atom stereocenters. The summed E-state index contributed by atoms with van der Waals surface area (Å²) in [7, 11) is 2.22. The van der Waals surface area contributed by atoms with Crippen molar-refractivity contribution < 1.29 is 0 Å². The lowest BCUT2D eigenvalue weighted by Crippen LogP contribution is -2.39. The molecule has 1 aromatic rings. The van der Waals surface area contributed by atoms with Gasteiger partial charge in [0.2, 0.25) is 0 Å². The topological polar surface area (TPSA) is 44.3 Å². The molecule has 1 aliphatic heterocycles. The minimum Gasteiger partial charge on any atom is -0.370 e. The Bertz CT molecular complexity index is 448. The Morgan fingerprint density at radius 2 is 2.10 bits per heavy atom. The average molecular weight is 291 g/mol. The van der Waals surface area contributed by atoms with E-state index in [1.807, 2.05) is 13.0 Å². The zero-order chi connectivity index (χ0) is 15.2. The third-order valence-electron chi connectivity index (χ3n) is 4.10. The summed E-state index contributed by atoms with van der Waals surface area (Å²) in [6, 6.07) is 2.62. The molecule has 1 fully saturated rings. The fraction of sp³-hybridized carbons (Fsp3) is 0.750. The third kappa shape index (κ3) is 4.64. The molecule has 21 heavy (non-hydrogen) atoms. The first-order chi connectivity index (χ1) is 10.1. The van der Waals surface area contributed by atoms with E-state index in [2.05, 4.69) is 46.0 Å². The van der Waals surface area contributed by atoms with Gasteiger partial charge in [0.25, 0.3) is 0 Å². The van der Waals surface area contributed by atoms with Crippen molar-refractivity contribution in [1.29, 1.82) is 0 Å². The lowest BCUT2D eigenvalue weighted by molar-refractivity contribution is 0.172. The first kappa shape index (κ1) is 16.2. The van der Waals surface area contributed by atoms with E-state index < -0.39 is 0 Å². The first-order valence-corrected chi connectivity index (χ1v) is 8.13. The molecule has 0 aromatic carbocycles. The van der Waals surface area contributed by atoms with Crippen molar-refractivity contribution in [1.82, 2.24) is 19.8 Å². The second kappa shape index (κ2) is 7.71. The van der Waals surface area contributed by atoms with Crippen molar-refractivity contribution in [2.75, 3.05) is 38.5 Å². The highest BCUT2D eigenvalue weighted by atomic mass is 15.2. The summed E-state index contributed by atoms with van der Waals surface area (Å²) in [5.41, 5.74) is 1.04. The van der Waals surface area contributed by atoms with Crippen molar-refractivity contribution in [2.24, 2.45) is 0 Å². The second-order valence-electron chi connectivity index (χ2n) is 5.99. The normalized spacial score (nSPS) is 21.2. The molecule has 0 spiro atoms. The largest absolute Gasteiger partial charge is 0.370 e. The van der Waals surface area contributed by atoms with Gasteiger partial charge in [-0.1, -0.05) is 6.92 Å². The van der Waals surface area contributed by atoms with Crippen LogP contribution in [0, 0.1) is 6.92 Å². The van der Waals surface area contributed by atoms with Crippen LogP contribution in [0.1, 0.15) is 38.2 Å².